The second kappa shape index (κ2) is 11.1. The number of carbonyl (C=O) groups is 1. The SMILES string of the molecule is COc1cc(Br)ccc1N.COc1cc(C2=CCN(C(=O)OC(C)(C)C)CC2)ccc1N. The molecule has 0 radical (unpaired) electrons. The van der Waals surface area contributed by atoms with Crippen molar-refractivity contribution in [3.05, 3.63) is 52.5 Å². The van der Waals surface area contributed by atoms with Gasteiger partial charge in [-0.25, -0.2) is 4.79 Å². The van der Waals surface area contributed by atoms with Crippen LogP contribution in [0.25, 0.3) is 5.57 Å². The first-order valence-electron chi connectivity index (χ1n) is 10.2. The number of anilines is 2. The van der Waals surface area contributed by atoms with Crippen molar-refractivity contribution in [1.82, 2.24) is 4.90 Å². The minimum absolute atomic E-state index is 0.266. The number of carbonyl (C=O) groups excluding carboxylic acids is 1. The van der Waals surface area contributed by atoms with Gasteiger partial charge in [-0.05, 0) is 68.7 Å². The fourth-order valence-corrected chi connectivity index (χ4v) is 3.36. The van der Waals surface area contributed by atoms with Gasteiger partial charge in [0.1, 0.15) is 17.1 Å². The molecule has 2 aromatic carbocycles. The number of amides is 1. The third-order valence-corrected chi connectivity index (χ3v) is 5.15. The molecular formula is C24H32BrN3O4. The van der Waals surface area contributed by atoms with Crippen LogP contribution in [0.4, 0.5) is 16.2 Å². The van der Waals surface area contributed by atoms with E-state index >= 15 is 0 Å². The van der Waals surface area contributed by atoms with E-state index in [0.717, 1.165) is 16.5 Å². The van der Waals surface area contributed by atoms with E-state index in [0.29, 0.717) is 36.0 Å². The summed E-state index contributed by atoms with van der Waals surface area (Å²) in [6, 6.07) is 11.3. The Balaban J connectivity index is 0.000000303. The van der Waals surface area contributed by atoms with Crippen LogP contribution in [0, 0.1) is 0 Å². The minimum atomic E-state index is -0.467. The minimum Gasteiger partial charge on any atom is -0.495 e. The van der Waals surface area contributed by atoms with Crippen LogP contribution in [0.5, 0.6) is 11.5 Å². The lowest BCUT2D eigenvalue weighted by molar-refractivity contribution is 0.0270. The van der Waals surface area contributed by atoms with E-state index in [4.69, 9.17) is 25.7 Å². The zero-order valence-corrected chi connectivity index (χ0v) is 20.9. The number of methoxy groups -OCH3 is 2. The van der Waals surface area contributed by atoms with Gasteiger partial charge in [-0.3, -0.25) is 0 Å². The smallest absolute Gasteiger partial charge is 0.410 e. The molecule has 32 heavy (non-hydrogen) atoms. The molecule has 0 aliphatic carbocycles. The molecule has 0 saturated carbocycles. The average molecular weight is 506 g/mol. The van der Waals surface area contributed by atoms with Crippen molar-refractivity contribution in [2.75, 3.05) is 38.8 Å². The Morgan fingerprint density at radius 3 is 2.09 bits per heavy atom. The molecular weight excluding hydrogens is 474 g/mol. The summed E-state index contributed by atoms with van der Waals surface area (Å²) in [6.45, 7) is 6.81. The summed E-state index contributed by atoms with van der Waals surface area (Å²) in [5, 5.41) is 0. The Bertz CT molecular complexity index is 970. The first-order valence-corrected chi connectivity index (χ1v) is 11.0. The molecule has 0 unspecified atom stereocenters. The summed E-state index contributed by atoms with van der Waals surface area (Å²) >= 11 is 3.30. The van der Waals surface area contributed by atoms with Crippen molar-refractivity contribution >= 4 is 39.0 Å². The third kappa shape index (κ3) is 7.37. The predicted molar refractivity (Wildman–Crippen MR) is 133 cm³/mol. The van der Waals surface area contributed by atoms with Crippen LogP contribution in [0.1, 0.15) is 32.8 Å². The monoisotopic (exact) mass is 505 g/mol. The molecule has 1 amide bonds. The number of nitrogens with zero attached hydrogens (tertiary/aromatic N) is 1. The van der Waals surface area contributed by atoms with E-state index in [1.807, 2.05) is 51.1 Å². The number of benzene rings is 2. The summed E-state index contributed by atoms with van der Waals surface area (Å²) < 4.78 is 16.6. The molecule has 3 rings (SSSR count). The second-order valence-electron chi connectivity index (χ2n) is 8.25. The maximum absolute atomic E-state index is 12.0. The van der Waals surface area contributed by atoms with Crippen molar-refractivity contribution in [2.24, 2.45) is 0 Å². The molecule has 8 heteroatoms. The summed E-state index contributed by atoms with van der Waals surface area (Å²) in [4.78, 5) is 13.8. The van der Waals surface area contributed by atoms with Gasteiger partial charge >= 0.3 is 6.09 Å². The van der Waals surface area contributed by atoms with E-state index in [9.17, 15) is 4.79 Å². The Kier molecular flexibility index (Phi) is 8.83. The Morgan fingerprint density at radius 2 is 1.59 bits per heavy atom. The van der Waals surface area contributed by atoms with Crippen molar-refractivity contribution in [2.45, 2.75) is 32.8 Å². The van der Waals surface area contributed by atoms with Crippen molar-refractivity contribution < 1.29 is 19.0 Å². The van der Waals surface area contributed by atoms with Crippen LogP contribution in [0.3, 0.4) is 0 Å². The van der Waals surface area contributed by atoms with Crippen molar-refractivity contribution in [3.63, 3.8) is 0 Å². The summed E-state index contributed by atoms with van der Waals surface area (Å²) in [6.07, 6.45) is 2.57. The van der Waals surface area contributed by atoms with E-state index in [-0.39, 0.29) is 6.09 Å². The fraction of sp³-hybridized carbons (Fsp3) is 0.375. The number of ether oxygens (including phenoxy) is 3. The summed E-state index contributed by atoms with van der Waals surface area (Å²) in [5.41, 5.74) is 14.5. The molecule has 0 aromatic heterocycles. The van der Waals surface area contributed by atoms with Gasteiger partial charge in [-0.1, -0.05) is 28.1 Å². The Labute approximate surface area is 198 Å². The number of hydrogen-bond donors (Lipinski definition) is 2. The highest BCUT2D eigenvalue weighted by Gasteiger charge is 2.24. The standard InChI is InChI=1S/C17H24N2O3.C7H8BrNO/c1-17(2,3)22-16(20)19-9-7-12(8-10-19)13-5-6-14(18)15(11-13)21-4;1-10-7-4-5(8)2-3-6(7)9/h5-7,11H,8-10,18H2,1-4H3;2-4H,9H2,1H3. The highest BCUT2D eigenvalue weighted by Crippen LogP contribution is 2.29. The number of nitrogens with two attached hydrogens (primary N) is 2. The highest BCUT2D eigenvalue weighted by molar-refractivity contribution is 9.10. The lowest BCUT2D eigenvalue weighted by atomic mass is 9.99. The molecule has 0 atom stereocenters. The third-order valence-electron chi connectivity index (χ3n) is 4.66. The van der Waals surface area contributed by atoms with Crippen LogP contribution in [-0.4, -0.2) is 43.9 Å². The van der Waals surface area contributed by atoms with Crippen molar-refractivity contribution in [3.8, 4) is 11.5 Å². The van der Waals surface area contributed by atoms with Gasteiger partial charge < -0.3 is 30.6 Å². The van der Waals surface area contributed by atoms with E-state index < -0.39 is 5.60 Å². The second-order valence-corrected chi connectivity index (χ2v) is 9.16. The number of nitrogen functional groups attached to an aromatic ring is 2. The molecule has 0 bridgehead atoms. The van der Waals surface area contributed by atoms with Gasteiger partial charge in [0.25, 0.3) is 0 Å². The zero-order chi connectivity index (χ0) is 23.9. The van der Waals surface area contributed by atoms with Crippen LogP contribution in [0.2, 0.25) is 0 Å². The van der Waals surface area contributed by atoms with Gasteiger partial charge in [-0.15, -0.1) is 0 Å². The lowest BCUT2D eigenvalue weighted by Gasteiger charge is -2.29. The Hall–Kier alpha value is -2.87. The molecule has 1 aliphatic rings. The number of hydrogen-bond acceptors (Lipinski definition) is 6. The average Bonchev–Trinajstić information content (AvgIpc) is 2.75. The fourth-order valence-electron chi connectivity index (χ4n) is 3.02. The first kappa shape index (κ1) is 25.4. The largest absolute Gasteiger partial charge is 0.495 e. The number of rotatable bonds is 3. The molecule has 0 fully saturated rings. The van der Waals surface area contributed by atoms with Crippen LogP contribution in [-0.2, 0) is 4.74 Å². The van der Waals surface area contributed by atoms with Gasteiger partial charge in [0.2, 0.25) is 0 Å². The maximum atomic E-state index is 12.0. The van der Waals surface area contributed by atoms with Crippen LogP contribution >= 0.6 is 15.9 Å². The van der Waals surface area contributed by atoms with Gasteiger partial charge in [0.15, 0.2) is 0 Å². The van der Waals surface area contributed by atoms with Gasteiger partial charge in [0.05, 0.1) is 25.6 Å². The van der Waals surface area contributed by atoms with Gasteiger partial charge in [-0.2, -0.15) is 0 Å². The van der Waals surface area contributed by atoms with Crippen molar-refractivity contribution in [1.29, 1.82) is 0 Å². The Morgan fingerprint density at radius 1 is 1.00 bits per heavy atom. The quantitative estimate of drug-likeness (QED) is 0.545. The molecule has 1 aliphatic heterocycles. The van der Waals surface area contributed by atoms with E-state index in [1.54, 1.807) is 25.2 Å². The maximum Gasteiger partial charge on any atom is 0.410 e. The highest BCUT2D eigenvalue weighted by atomic mass is 79.9. The molecule has 7 nitrogen and oxygen atoms in total. The predicted octanol–water partition coefficient (Wildman–Crippen LogP) is 5.34. The topological polar surface area (TPSA) is 100 Å². The molecule has 4 N–H and O–H groups in total. The normalized spacial score (nSPS) is 13.4. The lowest BCUT2D eigenvalue weighted by Crippen LogP contribution is -2.39. The summed E-state index contributed by atoms with van der Waals surface area (Å²) in [5.74, 6) is 1.38. The van der Waals surface area contributed by atoms with Crippen LogP contribution in [0.15, 0.2) is 46.9 Å². The number of halogens is 1. The molecule has 0 spiro atoms. The summed E-state index contributed by atoms with van der Waals surface area (Å²) in [7, 11) is 3.20. The molecule has 174 valence electrons. The molecule has 1 heterocycles. The van der Waals surface area contributed by atoms with Crippen LogP contribution < -0.4 is 20.9 Å². The molecule has 0 saturated heterocycles. The van der Waals surface area contributed by atoms with E-state index in [2.05, 4.69) is 22.0 Å². The van der Waals surface area contributed by atoms with E-state index in [1.165, 1.54) is 5.57 Å². The first-order chi connectivity index (χ1) is 15.0. The zero-order valence-electron chi connectivity index (χ0n) is 19.3. The van der Waals surface area contributed by atoms with Gasteiger partial charge in [0, 0.05) is 17.6 Å². The molecule has 2 aromatic rings.